The van der Waals surface area contributed by atoms with Crippen LogP contribution in [0.15, 0.2) is 66.7 Å². The molecule has 0 bridgehead atoms. The number of benzene rings is 3. The van der Waals surface area contributed by atoms with Crippen molar-refractivity contribution < 1.29 is 19.4 Å². The number of carboxylic acids is 1. The van der Waals surface area contributed by atoms with Gasteiger partial charge in [-0.25, -0.2) is 4.79 Å². The van der Waals surface area contributed by atoms with Gasteiger partial charge in [0, 0.05) is 30.3 Å². The van der Waals surface area contributed by atoms with Crippen molar-refractivity contribution in [2.45, 2.75) is 0 Å². The molecule has 27 heavy (non-hydrogen) atoms. The number of nitrogens with zero attached hydrogens (tertiary/aromatic N) is 4. The van der Waals surface area contributed by atoms with Gasteiger partial charge >= 0.3 is 17.3 Å². The van der Waals surface area contributed by atoms with E-state index in [-0.39, 0.29) is 17.1 Å². The predicted octanol–water partition coefficient (Wildman–Crippen LogP) is 5.94. The summed E-state index contributed by atoms with van der Waals surface area (Å²) in [5, 5.41) is 26.7. The Morgan fingerprint density at radius 2 is 1.11 bits per heavy atom. The first-order valence-electron chi connectivity index (χ1n) is 7.72. The Kier molecular flexibility index (Phi) is 4.92. The highest BCUT2D eigenvalue weighted by Gasteiger charge is 2.12. The molecule has 0 saturated carbocycles. The van der Waals surface area contributed by atoms with Crippen LogP contribution < -0.4 is 9.47 Å². The lowest BCUT2D eigenvalue weighted by Crippen LogP contribution is -1.98. The molecule has 0 spiro atoms. The topological polar surface area (TPSA) is 112 Å². The van der Waals surface area contributed by atoms with Gasteiger partial charge in [-0.3, -0.25) is 0 Å². The maximum atomic E-state index is 11.4. The summed E-state index contributed by atoms with van der Waals surface area (Å²) in [6.45, 7) is 0. The summed E-state index contributed by atoms with van der Waals surface area (Å²) in [5.74, 6) is 0.268. The molecule has 3 rings (SSSR count). The van der Waals surface area contributed by atoms with Crippen molar-refractivity contribution in [3.63, 3.8) is 0 Å². The van der Waals surface area contributed by atoms with Crippen LogP contribution in [0.25, 0.3) is 9.95 Å². The zero-order valence-electron chi connectivity index (χ0n) is 13.8. The lowest BCUT2D eigenvalue weighted by Gasteiger charge is -2.10. The van der Waals surface area contributed by atoms with Gasteiger partial charge < -0.3 is 14.6 Å². The molecule has 0 saturated heterocycles. The van der Waals surface area contributed by atoms with Gasteiger partial charge in [-0.15, -0.1) is 0 Å². The molecule has 130 valence electrons. The Labute approximate surface area is 153 Å². The van der Waals surface area contributed by atoms with E-state index in [1.807, 2.05) is 0 Å². The highest BCUT2D eigenvalue weighted by Crippen LogP contribution is 2.31. The molecule has 0 aliphatic heterocycles. The zero-order chi connectivity index (χ0) is 19.2. The molecule has 0 heterocycles. The lowest BCUT2D eigenvalue weighted by molar-refractivity contribution is 0.0696. The second-order valence-corrected chi connectivity index (χ2v) is 5.39. The van der Waals surface area contributed by atoms with Crippen LogP contribution in [-0.2, 0) is 0 Å². The molecular formula is C19H12N4O4+2. The van der Waals surface area contributed by atoms with Crippen LogP contribution in [0.3, 0.4) is 0 Å². The molecule has 0 radical (unpaired) electrons. The number of hydrogen-bond donors (Lipinski definition) is 1. The van der Waals surface area contributed by atoms with Crippen molar-refractivity contribution in [1.29, 1.82) is 10.8 Å². The van der Waals surface area contributed by atoms with Crippen LogP contribution in [0, 0.1) is 10.8 Å². The zero-order valence-corrected chi connectivity index (χ0v) is 13.8. The van der Waals surface area contributed by atoms with E-state index < -0.39 is 5.97 Å². The summed E-state index contributed by atoms with van der Waals surface area (Å²) in [5.41, 5.74) is 0.721. The molecule has 0 fully saturated rings. The van der Waals surface area contributed by atoms with Gasteiger partial charge in [0.1, 0.15) is 23.0 Å². The molecule has 3 aromatic carbocycles. The number of diazo groups is 2. The fraction of sp³-hybridized carbons (Fsp3) is 0. The molecular weight excluding hydrogens is 348 g/mol. The Morgan fingerprint density at radius 1 is 0.704 bits per heavy atom. The number of ether oxygens (including phenoxy) is 2. The SMILES string of the molecule is N#[N+]c1ccc(Oc2cc(Oc3ccc([N+]#N)cc3)cc(C(=O)O)c2)cc1. The van der Waals surface area contributed by atoms with Crippen molar-refractivity contribution >= 4 is 17.3 Å². The third kappa shape index (κ3) is 4.35. The largest absolute Gasteiger partial charge is 0.478 e. The Morgan fingerprint density at radius 3 is 1.44 bits per heavy atom. The van der Waals surface area contributed by atoms with Crippen molar-refractivity contribution in [1.82, 2.24) is 0 Å². The van der Waals surface area contributed by atoms with Crippen molar-refractivity contribution in [3.8, 4) is 23.0 Å². The van der Waals surface area contributed by atoms with Crippen LogP contribution in [0.4, 0.5) is 11.4 Å². The van der Waals surface area contributed by atoms with E-state index in [0.29, 0.717) is 22.9 Å². The normalized spacial score (nSPS) is 9.70. The van der Waals surface area contributed by atoms with Crippen molar-refractivity contribution in [3.05, 3.63) is 82.2 Å². The number of hydrogen-bond acceptors (Lipinski definition) is 5. The van der Waals surface area contributed by atoms with E-state index in [9.17, 15) is 9.90 Å². The summed E-state index contributed by atoms with van der Waals surface area (Å²) in [6.07, 6.45) is 0. The van der Waals surface area contributed by atoms with Crippen LogP contribution in [0.5, 0.6) is 23.0 Å². The average molecular weight is 360 g/mol. The van der Waals surface area contributed by atoms with Crippen LogP contribution in [0.2, 0.25) is 0 Å². The molecule has 8 nitrogen and oxygen atoms in total. The fourth-order valence-corrected chi connectivity index (χ4v) is 2.25. The highest BCUT2D eigenvalue weighted by molar-refractivity contribution is 5.88. The van der Waals surface area contributed by atoms with E-state index in [1.54, 1.807) is 54.6 Å². The average Bonchev–Trinajstić information content (AvgIpc) is 2.69. The number of rotatable bonds is 5. The van der Waals surface area contributed by atoms with E-state index in [0.717, 1.165) is 0 Å². The lowest BCUT2D eigenvalue weighted by atomic mass is 10.2. The maximum absolute atomic E-state index is 11.4. The van der Waals surface area contributed by atoms with Crippen LogP contribution >= 0.6 is 0 Å². The number of carboxylic acid groups (broad SMARTS) is 1. The van der Waals surface area contributed by atoms with Gasteiger partial charge in [-0.1, -0.05) is 0 Å². The second kappa shape index (κ2) is 7.64. The standard InChI is InChI=1S/C19H11N4O4/c20-22-13-1-5-15(6-2-13)26-17-9-12(19(24)25)10-18(11-17)27-16-7-3-14(23-21)4-8-16/h1-11H/q+1/p+1. The molecule has 0 atom stereocenters. The number of aromatic carboxylic acids is 1. The Bertz CT molecular complexity index is 987. The Balaban J connectivity index is 1.88. The summed E-state index contributed by atoms with van der Waals surface area (Å²) in [4.78, 5) is 17.5. The van der Waals surface area contributed by atoms with E-state index in [4.69, 9.17) is 20.3 Å². The van der Waals surface area contributed by atoms with E-state index >= 15 is 0 Å². The number of carbonyl (C=O) groups is 1. The van der Waals surface area contributed by atoms with Crippen LogP contribution in [-0.4, -0.2) is 11.1 Å². The monoisotopic (exact) mass is 360 g/mol. The van der Waals surface area contributed by atoms with Gasteiger partial charge in [0.05, 0.1) is 5.56 Å². The second-order valence-electron chi connectivity index (χ2n) is 5.39. The van der Waals surface area contributed by atoms with Gasteiger partial charge in [-0.2, -0.15) is 0 Å². The first-order valence-corrected chi connectivity index (χ1v) is 7.72. The first-order chi connectivity index (χ1) is 13.1. The third-order valence-corrected chi connectivity index (χ3v) is 3.50. The summed E-state index contributed by atoms with van der Waals surface area (Å²) >= 11 is 0. The van der Waals surface area contributed by atoms with Crippen molar-refractivity contribution in [2.24, 2.45) is 0 Å². The molecule has 0 aliphatic carbocycles. The molecule has 1 N–H and O–H groups in total. The van der Waals surface area contributed by atoms with E-state index in [1.165, 1.54) is 12.1 Å². The fourth-order valence-electron chi connectivity index (χ4n) is 2.25. The predicted molar refractivity (Wildman–Crippen MR) is 95.9 cm³/mol. The van der Waals surface area contributed by atoms with Gasteiger partial charge in [-0.05, 0) is 36.4 Å². The van der Waals surface area contributed by atoms with Gasteiger partial charge in [0.25, 0.3) is 0 Å². The minimum absolute atomic E-state index is 0.00791. The third-order valence-electron chi connectivity index (χ3n) is 3.50. The highest BCUT2D eigenvalue weighted by atomic mass is 16.5. The van der Waals surface area contributed by atoms with Gasteiger partial charge in [0.2, 0.25) is 10.8 Å². The first kappa shape index (κ1) is 17.4. The molecule has 0 unspecified atom stereocenters. The minimum atomic E-state index is -1.13. The molecule has 0 amide bonds. The molecule has 0 aromatic heterocycles. The smallest absolute Gasteiger partial charge is 0.385 e. The molecule has 0 aliphatic rings. The molecule has 3 aromatic rings. The summed E-state index contributed by atoms with van der Waals surface area (Å²) < 4.78 is 11.3. The quantitative estimate of drug-likeness (QED) is 0.564. The van der Waals surface area contributed by atoms with Crippen molar-refractivity contribution in [2.75, 3.05) is 0 Å². The van der Waals surface area contributed by atoms with Gasteiger partial charge in [0.15, 0.2) is 9.95 Å². The minimum Gasteiger partial charge on any atom is -0.478 e. The summed E-state index contributed by atoms with van der Waals surface area (Å²) in [6, 6.07) is 16.8. The van der Waals surface area contributed by atoms with E-state index in [2.05, 4.69) is 9.95 Å². The van der Waals surface area contributed by atoms with Crippen LogP contribution in [0.1, 0.15) is 10.4 Å². The maximum Gasteiger partial charge on any atom is 0.385 e. The Hall–Kier alpha value is -4.43. The summed E-state index contributed by atoms with van der Waals surface area (Å²) in [7, 11) is 0. The molecule has 8 heteroatoms.